The van der Waals surface area contributed by atoms with Crippen molar-refractivity contribution in [2.75, 3.05) is 44.7 Å². The second-order valence-corrected chi connectivity index (χ2v) is 10.2. The third kappa shape index (κ3) is 8.19. The molecule has 0 bridgehead atoms. The largest absolute Gasteiger partial charge is 0.357 e. The van der Waals surface area contributed by atoms with Gasteiger partial charge in [-0.15, -0.1) is 0 Å². The predicted molar refractivity (Wildman–Crippen MR) is 118 cm³/mol. The van der Waals surface area contributed by atoms with E-state index < -0.39 is 9.84 Å². The number of aryl methyl sites for hydroxylation is 1. The van der Waals surface area contributed by atoms with Crippen LogP contribution in [0.3, 0.4) is 0 Å². The molecule has 2 rings (SSSR count). The second-order valence-electron chi connectivity index (χ2n) is 7.92. The lowest BCUT2D eigenvalue weighted by molar-refractivity contribution is 0.216. The molecule has 0 aromatic heterocycles. The maximum atomic E-state index is 11.3. The fraction of sp³-hybridized carbons (Fsp3) is 0.667. The maximum absolute atomic E-state index is 11.3. The van der Waals surface area contributed by atoms with E-state index in [0.29, 0.717) is 18.5 Å². The summed E-state index contributed by atoms with van der Waals surface area (Å²) in [7, 11) is -2.89. The van der Waals surface area contributed by atoms with Gasteiger partial charge in [0.25, 0.3) is 0 Å². The topological polar surface area (TPSA) is 73.8 Å². The van der Waals surface area contributed by atoms with E-state index in [9.17, 15) is 8.42 Å². The molecule has 0 radical (unpaired) electrons. The highest BCUT2D eigenvalue weighted by atomic mass is 32.2. The number of sulfone groups is 1. The highest BCUT2D eigenvalue weighted by Crippen LogP contribution is 2.17. The van der Waals surface area contributed by atoms with Crippen molar-refractivity contribution in [3.8, 4) is 0 Å². The van der Waals surface area contributed by atoms with Crippen LogP contribution in [-0.2, 0) is 9.84 Å². The Balaban J connectivity index is 1.84. The van der Waals surface area contributed by atoms with Gasteiger partial charge in [0.1, 0.15) is 9.84 Å². The molecule has 1 saturated heterocycles. The van der Waals surface area contributed by atoms with Crippen LogP contribution in [0.25, 0.3) is 0 Å². The quantitative estimate of drug-likeness (QED) is 0.509. The SMILES string of the molecule is CCNC(=NCC(C)c1cccc(C)c1)NC1CCN(CCS(C)(=O)=O)CC1. The molecule has 0 aliphatic carbocycles. The number of aliphatic imine (C=N–C) groups is 1. The second kappa shape index (κ2) is 10.8. The Morgan fingerprint density at radius 2 is 2.04 bits per heavy atom. The fourth-order valence-electron chi connectivity index (χ4n) is 3.42. The van der Waals surface area contributed by atoms with E-state index in [1.807, 2.05) is 0 Å². The number of nitrogens with zero attached hydrogens (tertiary/aromatic N) is 2. The monoisotopic (exact) mass is 408 g/mol. The van der Waals surface area contributed by atoms with Gasteiger partial charge in [0.15, 0.2) is 5.96 Å². The molecule has 1 heterocycles. The van der Waals surface area contributed by atoms with E-state index in [0.717, 1.165) is 45.0 Å². The zero-order chi connectivity index (χ0) is 20.6. The third-order valence-corrected chi connectivity index (χ3v) is 6.11. The Kier molecular flexibility index (Phi) is 8.76. The van der Waals surface area contributed by atoms with Crippen molar-refractivity contribution in [3.63, 3.8) is 0 Å². The first-order chi connectivity index (χ1) is 13.3. The van der Waals surface area contributed by atoms with E-state index in [1.54, 1.807) is 0 Å². The summed E-state index contributed by atoms with van der Waals surface area (Å²) in [5, 5.41) is 6.91. The molecule has 2 N–H and O–H groups in total. The normalized spacial score (nSPS) is 18.1. The molecule has 28 heavy (non-hydrogen) atoms. The number of nitrogens with one attached hydrogen (secondary N) is 2. The van der Waals surface area contributed by atoms with Gasteiger partial charge >= 0.3 is 0 Å². The van der Waals surface area contributed by atoms with Gasteiger partial charge in [0.2, 0.25) is 0 Å². The molecular weight excluding hydrogens is 372 g/mol. The van der Waals surface area contributed by atoms with Crippen molar-refractivity contribution in [2.24, 2.45) is 4.99 Å². The van der Waals surface area contributed by atoms with Gasteiger partial charge in [-0.25, -0.2) is 8.42 Å². The molecule has 1 aliphatic rings. The van der Waals surface area contributed by atoms with Crippen LogP contribution >= 0.6 is 0 Å². The molecule has 1 aliphatic heterocycles. The van der Waals surface area contributed by atoms with Crippen LogP contribution in [0.15, 0.2) is 29.3 Å². The average Bonchev–Trinajstić information content (AvgIpc) is 2.65. The molecule has 1 atom stereocenters. The minimum Gasteiger partial charge on any atom is -0.357 e. The molecule has 1 aromatic rings. The lowest BCUT2D eigenvalue weighted by Gasteiger charge is -2.33. The van der Waals surface area contributed by atoms with Crippen molar-refractivity contribution >= 4 is 15.8 Å². The Morgan fingerprint density at radius 1 is 1.32 bits per heavy atom. The summed E-state index contributed by atoms with van der Waals surface area (Å²) >= 11 is 0. The first-order valence-electron chi connectivity index (χ1n) is 10.3. The number of hydrogen-bond acceptors (Lipinski definition) is 4. The van der Waals surface area contributed by atoms with E-state index in [-0.39, 0.29) is 5.75 Å². The average molecular weight is 409 g/mol. The summed E-state index contributed by atoms with van der Waals surface area (Å²) in [5.74, 6) is 1.48. The van der Waals surface area contributed by atoms with E-state index in [2.05, 4.69) is 60.6 Å². The molecule has 0 amide bonds. The summed E-state index contributed by atoms with van der Waals surface area (Å²) in [4.78, 5) is 7.04. The fourth-order valence-corrected chi connectivity index (χ4v) is 4.01. The maximum Gasteiger partial charge on any atom is 0.191 e. The van der Waals surface area contributed by atoms with Crippen LogP contribution in [0.4, 0.5) is 0 Å². The summed E-state index contributed by atoms with van der Waals surface area (Å²) in [6, 6.07) is 8.99. The van der Waals surface area contributed by atoms with Crippen LogP contribution < -0.4 is 10.6 Å². The minimum atomic E-state index is -2.89. The van der Waals surface area contributed by atoms with Gasteiger partial charge in [-0.3, -0.25) is 4.99 Å². The van der Waals surface area contributed by atoms with Crippen LogP contribution in [-0.4, -0.2) is 70.1 Å². The van der Waals surface area contributed by atoms with Gasteiger partial charge in [0, 0.05) is 50.9 Å². The van der Waals surface area contributed by atoms with Crippen LogP contribution in [0.1, 0.15) is 43.7 Å². The Bertz CT molecular complexity index is 741. The van der Waals surface area contributed by atoms with Gasteiger partial charge in [-0.1, -0.05) is 36.8 Å². The predicted octanol–water partition coefficient (Wildman–Crippen LogP) is 2.16. The zero-order valence-electron chi connectivity index (χ0n) is 17.7. The molecule has 0 saturated carbocycles. The number of likely N-dealkylation sites (tertiary alicyclic amines) is 1. The van der Waals surface area contributed by atoms with Crippen molar-refractivity contribution in [3.05, 3.63) is 35.4 Å². The minimum absolute atomic E-state index is 0.242. The molecule has 158 valence electrons. The molecule has 6 nitrogen and oxygen atoms in total. The number of piperidine rings is 1. The van der Waals surface area contributed by atoms with Gasteiger partial charge in [-0.2, -0.15) is 0 Å². The highest BCUT2D eigenvalue weighted by Gasteiger charge is 2.20. The lowest BCUT2D eigenvalue weighted by Crippen LogP contribution is -2.49. The first kappa shape index (κ1) is 22.7. The smallest absolute Gasteiger partial charge is 0.191 e. The third-order valence-electron chi connectivity index (χ3n) is 5.19. The lowest BCUT2D eigenvalue weighted by atomic mass is 10.00. The van der Waals surface area contributed by atoms with Gasteiger partial charge in [0.05, 0.1) is 5.75 Å². The van der Waals surface area contributed by atoms with E-state index in [1.165, 1.54) is 17.4 Å². The van der Waals surface area contributed by atoms with Crippen LogP contribution in [0.2, 0.25) is 0 Å². The number of rotatable bonds is 8. The summed E-state index contributed by atoms with van der Waals surface area (Å²) in [6.45, 7) is 10.5. The summed E-state index contributed by atoms with van der Waals surface area (Å²) < 4.78 is 22.7. The number of benzene rings is 1. The molecule has 7 heteroatoms. The molecule has 1 fully saturated rings. The van der Waals surface area contributed by atoms with Crippen molar-refractivity contribution in [2.45, 2.75) is 45.6 Å². The molecule has 1 unspecified atom stereocenters. The van der Waals surface area contributed by atoms with E-state index in [4.69, 9.17) is 4.99 Å². The Hall–Kier alpha value is -1.60. The highest BCUT2D eigenvalue weighted by molar-refractivity contribution is 7.90. The molecular formula is C21H36N4O2S. The van der Waals surface area contributed by atoms with Crippen molar-refractivity contribution in [1.29, 1.82) is 0 Å². The van der Waals surface area contributed by atoms with Gasteiger partial charge in [-0.05, 0) is 32.3 Å². The van der Waals surface area contributed by atoms with E-state index >= 15 is 0 Å². The van der Waals surface area contributed by atoms with Crippen LogP contribution in [0, 0.1) is 6.92 Å². The molecule has 0 spiro atoms. The summed E-state index contributed by atoms with van der Waals surface area (Å²) in [6.07, 6.45) is 3.31. The van der Waals surface area contributed by atoms with Crippen molar-refractivity contribution in [1.82, 2.24) is 15.5 Å². The summed E-state index contributed by atoms with van der Waals surface area (Å²) in [5.41, 5.74) is 2.60. The Morgan fingerprint density at radius 3 is 2.64 bits per heavy atom. The molecule has 1 aromatic carbocycles. The number of hydrogen-bond donors (Lipinski definition) is 2. The zero-order valence-corrected chi connectivity index (χ0v) is 18.6. The van der Waals surface area contributed by atoms with Gasteiger partial charge < -0.3 is 15.5 Å². The standard InChI is InChI=1S/C21H36N4O2S/c1-5-22-21(23-16-18(3)19-8-6-7-17(2)15-19)24-20-9-11-25(12-10-20)13-14-28(4,26)27/h6-8,15,18,20H,5,9-14,16H2,1-4H3,(H2,22,23,24). The van der Waals surface area contributed by atoms with Crippen molar-refractivity contribution < 1.29 is 8.42 Å². The Labute approximate surface area is 170 Å². The number of guanidine groups is 1. The van der Waals surface area contributed by atoms with Crippen LogP contribution in [0.5, 0.6) is 0 Å². The first-order valence-corrected chi connectivity index (χ1v) is 12.3.